The molecule has 0 radical (unpaired) electrons. The number of morpholine rings is 1. The third kappa shape index (κ3) is 4.17. The van der Waals surface area contributed by atoms with Crippen molar-refractivity contribution in [2.75, 3.05) is 55.4 Å². The van der Waals surface area contributed by atoms with Gasteiger partial charge in [-0.05, 0) is 12.3 Å². The molecular weight excluding hydrogens is 260 g/mol. The number of nitrogen functional groups attached to an aromatic ring is 1. The molecule has 1 saturated heterocycles. The highest BCUT2D eigenvalue weighted by atomic mass is 16.5. The van der Waals surface area contributed by atoms with Gasteiger partial charge in [-0.1, -0.05) is 6.92 Å². The van der Waals surface area contributed by atoms with Crippen LogP contribution in [0.4, 0.5) is 17.8 Å². The molecule has 4 N–H and O–H groups in total. The number of nitrogens with two attached hydrogens (primary N) is 1. The van der Waals surface area contributed by atoms with E-state index in [-0.39, 0.29) is 12.6 Å². The van der Waals surface area contributed by atoms with E-state index in [9.17, 15) is 0 Å². The van der Waals surface area contributed by atoms with Gasteiger partial charge in [0, 0.05) is 26.2 Å². The quantitative estimate of drug-likeness (QED) is 0.653. The molecule has 1 unspecified atom stereocenters. The van der Waals surface area contributed by atoms with Crippen LogP contribution in [0.2, 0.25) is 0 Å². The van der Waals surface area contributed by atoms with Crippen LogP contribution in [0.15, 0.2) is 0 Å². The molecule has 0 aromatic carbocycles. The standard InChI is InChI=1S/C12H22N6O2/c1-9(2-5-19)8-14-11-15-10(13)16-12(17-11)18-3-6-20-7-4-18/h9,19H,2-8H2,1H3,(H3,13,14,15,16,17). The van der Waals surface area contributed by atoms with Crippen molar-refractivity contribution in [3.8, 4) is 0 Å². The summed E-state index contributed by atoms with van der Waals surface area (Å²) in [5.74, 6) is 1.60. The molecule has 8 heteroatoms. The second-order valence-corrected chi connectivity index (χ2v) is 4.91. The number of aliphatic hydroxyl groups excluding tert-OH is 1. The fourth-order valence-corrected chi connectivity index (χ4v) is 1.95. The molecule has 2 rings (SSSR count). The monoisotopic (exact) mass is 282 g/mol. The van der Waals surface area contributed by atoms with Crippen LogP contribution in [0.1, 0.15) is 13.3 Å². The van der Waals surface area contributed by atoms with Crippen molar-refractivity contribution < 1.29 is 9.84 Å². The number of hydrogen-bond acceptors (Lipinski definition) is 8. The van der Waals surface area contributed by atoms with E-state index in [1.165, 1.54) is 0 Å². The Hall–Kier alpha value is -1.67. The van der Waals surface area contributed by atoms with E-state index in [0.717, 1.165) is 19.5 Å². The smallest absolute Gasteiger partial charge is 0.232 e. The molecule has 2 heterocycles. The molecule has 1 aromatic heterocycles. The van der Waals surface area contributed by atoms with Crippen molar-refractivity contribution in [1.82, 2.24) is 15.0 Å². The number of nitrogens with zero attached hydrogens (tertiary/aromatic N) is 4. The Labute approximate surface area is 118 Å². The minimum absolute atomic E-state index is 0.182. The fraction of sp³-hybridized carbons (Fsp3) is 0.750. The highest BCUT2D eigenvalue weighted by Crippen LogP contribution is 2.14. The van der Waals surface area contributed by atoms with E-state index < -0.39 is 0 Å². The zero-order valence-corrected chi connectivity index (χ0v) is 11.7. The largest absolute Gasteiger partial charge is 0.396 e. The third-order valence-corrected chi connectivity index (χ3v) is 3.17. The predicted octanol–water partition coefficient (Wildman–Crippen LogP) is -0.279. The number of aromatic nitrogens is 3. The first-order valence-electron chi connectivity index (χ1n) is 6.88. The number of anilines is 3. The van der Waals surface area contributed by atoms with Crippen LogP contribution in [0.5, 0.6) is 0 Å². The summed E-state index contributed by atoms with van der Waals surface area (Å²) in [6, 6.07) is 0. The number of hydrogen-bond donors (Lipinski definition) is 3. The number of nitrogens with one attached hydrogen (secondary N) is 1. The van der Waals surface area contributed by atoms with Crippen molar-refractivity contribution in [2.45, 2.75) is 13.3 Å². The van der Waals surface area contributed by atoms with E-state index in [0.29, 0.717) is 37.6 Å². The topological polar surface area (TPSA) is 109 Å². The first kappa shape index (κ1) is 14.7. The summed E-state index contributed by atoms with van der Waals surface area (Å²) >= 11 is 0. The van der Waals surface area contributed by atoms with Crippen molar-refractivity contribution in [3.05, 3.63) is 0 Å². The Morgan fingerprint density at radius 2 is 2.10 bits per heavy atom. The minimum Gasteiger partial charge on any atom is -0.396 e. The number of ether oxygens (including phenoxy) is 1. The normalized spacial score (nSPS) is 17.0. The zero-order valence-electron chi connectivity index (χ0n) is 11.7. The first-order chi connectivity index (χ1) is 9.69. The van der Waals surface area contributed by atoms with Gasteiger partial charge in [-0.2, -0.15) is 15.0 Å². The molecule has 0 spiro atoms. The van der Waals surface area contributed by atoms with Crippen LogP contribution in [0.25, 0.3) is 0 Å². The summed E-state index contributed by atoms with van der Waals surface area (Å²) in [6.07, 6.45) is 0.740. The van der Waals surface area contributed by atoms with Gasteiger partial charge in [-0.25, -0.2) is 0 Å². The average Bonchev–Trinajstić information content (AvgIpc) is 2.46. The van der Waals surface area contributed by atoms with Crippen LogP contribution in [-0.4, -0.2) is 59.5 Å². The van der Waals surface area contributed by atoms with E-state index in [1.54, 1.807) is 0 Å². The van der Waals surface area contributed by atoms with Crippen LogP contribution in [0.3, 0.4) is 0 Å². The molecule has 112 valence electrons. The summed E-state index contributed by atoms with van der Waals surface area (Å²) in [7, 11) is 0. The van der Waals surface area contributed by atoms with Crippen molar-refractivity contribution in [1.29, 1.82) is 0 Å². The summed E-state index contributed by atoms with van der Waals surface area (Å²) in [6.45, 7) is 5.77. The highest BCUT2D eigenvalue weighted by molar-refractivity contribution is 5.42. The second-order valence-electron chi connectivity index (χ2n) is 4.91. The molecule has 0 amide bonds. The van der Waals surface area contributed by atoms with Crippen LogP contribution in [0, 0.1) is 5.92 Å². The number of aliphatic hydroxyl groups is 1. The lowest BCUT2D eigenvalue weighted by Crippen LogP contribution is -2.37. The Morgan fingerprint density at radius 1 is 1.35 bits per heavy atom. The van der Waals surface area contributed by atoms with Crippen molar-refractivity contribution in [3.63, 3.8) is 0 Å². The van der Waals surface area contributed by atoms with Gasteiger partial charge in [0.05, 0.1) is 13.2 Å². The summed E-state index contributed by atoms with van der Waals surface area (Å²) in [4.78, 5) is 14.7. The van der Waals surface area contributed by atoms with Gasteiger partial charge in [0.25, 0.3) is 0 Å². The van der Waals surface area contributed by atoms with Crippen molar-refractivity contribution >= 4 is 17.8 Å². The molecule has 8 nitrogen and oxygen atoms in total. The Bertz CT molecular complexity index is 424. The average molecular weight is 282 g/mol. The molecule has 1 aliphatic heterocycles. The van der Waals surface area contributed by atoms with Gasteiger partial charge in [-0.3, -0.25) is 0 Å². The predicted molar refractivity (Wildman–Crippen MR) is 76.6 cm³/mol. The molecule has 1 aromatic rings. The SMILES string of the molecule is CC(CCO)CNc1nc(N)nc(N2CCOCC2)n1. The van der Waals surface area contributed by atoms with Gasteiger partial charge in [0.2, 0.25) is 17.8 Å². The highest BCUT2D eigenvalue weighted by Gasteiger charge is 2.16. The Morgan fingerprint density at radius 3 is 2.80 bits per heavy atom. The van der Waals surface area contributed by atoms with E-state index in [2.05, 4.69) is 27.2 Å². The minimum atomic E-state index is 0.182. The summed E-state index contributed by atoms with van der Waals surface area (Å²) in [5.41, 5.74) is 5.73. The second kappa shape index (κ2) is 7.20. The molecule has 1 aliphatic rings. The lowest BCUT2D eigenvalue weighted by atomic mass is 10.1. The molecule has 1 atom stereocenters. The van der Waals surface area contributed by atoms with Gasteiger partial charge >= 0.3 is 0 Å². The van der Waals surface area contributed by atoms with Gasteiger partial charge < -0.3 is 25.8 Å². The van der Waals surface area contributed by atoms with Gasteiger partial charge in [0.1, 0.15) is 0 Å². The summed E-state index contributed by atoms with van der Waals surface area (Å²) < 4.78 is 5.30. The maximum absolute atomic E-state index is 8.88. The Kier molecular flexibility index (Phi) is 5.31. The van der Waals surface area contributed by atoms with Crippen LogP contribution in [-0.2, 0) is 4.74 Å². The molecule has 20 heavy (non-hydrogen) atoms. The van der Waals surface area contributed by atoms with Crippen LogP contribution >= 0.6 is 0 Å². The van der Waals surface area contributed by atoms with E-state index in [1.807, 2.05) is 4.90 Å². The third-order valence-electron chi connectivity index (χ3n) is 3.17. The molecule has 0 aliphatic carbocycles. The van der Waals surface area contributed by atoms with Crippen molar-refractivity contribution in [2.24, 2.45) is 5.92 Å². The lowest BCUT2D eigenvalue weighted by molar-refractivity contribution is 0.122. The zero-order chi connectivity index (χ0) is 14.4. The van der Waals surface area contributed by atoms with Crippen LogP contribution < -0.4 is 16.0 Å². The fourth-order valence-electron chi connectivity index (χ4n) is 1.95. The first-order valence-corrected chi connectivity index (χ1v) is 6.88. The van der Waals surface area contributed by atoms with Gasteiger partial charge in [-0.15, -0.1) is 0 Å². The molecule has 0 bridgehead atoms. The van der Waals surface area contributed by atoms with E-state index in [4.69, 9.17) is 15.6 Å². The van der Waals surface area contributed by atoms with E-state index >= 15 is 0 Å². The molecular formula is C12H22N6O2. The molecule has 1 fully saturated rings. The maximum atomic E-state index is 8.88. The summed E-state index contributed by atoms with van der Waals surface area (Å²) in [5, 5.41) is 12.0. The molecule has 0 saturated carbocycles. The lowest BCUT2D eigenvalue weighted by Gasteiger charge is -2.26. The Balaban J connectivity index is 2.00. The van der Waals surface area contributed by atoms with Gasteiger partial charge in [0.15, 0.2) is 0 Å². The number of rotatable bonds is 6. The maximum Gasteiger partial charge on any atom is 0.232 e.